The summed E-state index contributed by atoms with van der Waals surface area (Å²) < 4.78 is 22.7. The molecule has 2 rings (SSSR count). The van der Waals surface area contributed by atoms with Gasteiger partial charge in [0.2, 0.25) is 10.0 Å². The molecule has 1 heterocycles. The molecule has 1 aromatic carbocycles. The smallest absolute Gasteiger partial charge is 0.209 e. The molecule has 1 atom stereocenters. The van der Waals surface area contributed by atoms with Gasteiger partial charge in [-0.1, -0.05) is 18.2 Å². The van der Waals surface area contributed by atoms with Crippen molar-refractivity contribution in [1.82, 2.24) is 0 Å². The summed E-state index contributed by atoms with van der Waals surface area (Å²) in [5, 5.41) is 15.8. The largest absolute Gasteiger partial charge is 0.388 e. The van der Waals surface area contributed by atoms with Crippen LogP contribution in [0.2, 0.25) is 0 Å². The van der Waals surface area contributed by atoms with Crippen LogP contribution >= 0.6 is 11.3 Å². The van der Waals surface area contributed by atoms with Gasteiger partial charge >= 0.3 is 0 Å². The van der Waals surface area contributed by atoms with Crippen molar-refractivity contribution in [2.45, 2.75) is 12.5 Å². The average Bonchev–Trinajstić information content (AvgIpc) is 2.68. The van der Waals surface area contributed by atoms with E-state index in [0.717, 1.165) is 15.0 Å². The SMILES string of the molecule is NS(=O)(=O)CCC(O)c1cc2ccccc2s1. The van der Waals surface area contributed by atoms with Crippen LogP contribution in [-0.4, -0.2) is 19.3 Å². The maximum Gasteiger partial charge on any atom is 0.209 e. The van der Waals surface area contributed by atoms with Gasteiger partial charge in [-0.05, 0) is 23.9 Å². The predicted octanol–water partition coefficient (Wildman–Crippen LogP) is 1.61. The Bertz CT molecular complexity index is 585. The molecule has 0 spiro atoms. The summed E-state index contributed by atoms with van der Waals surface area (Å²) in [5.41, 5.74) is 0. The second-order valence-corrected chi connectivity index (χ2v) is 6.71. The Hall–Kier alpha value is -0.950. The number of sulfonamides is 1. The van der Waals surface area contributed by atoms with Gasteiger partial charge in [-0.15, -0.1) is 11.3 Å². The lowest BCUT2D eigenvalue weighted by Crippen LogP contribution is -2.18. The number of thiophene rings is 1. The Morgan fingerprint density at radius 3 is 2.71 bits per heavy atom. The fourth-order valence-corrected chi connectivity index (χ4v) is 3.22. The molecule has 0 aliphatic carbocycles. The summed E-state index contributed by atoms with van der Waals surface area (Å²) >= 11 is 1.47. The van der Waals surface area contributed by atoms with E-state index in [1.54, 1.807) is 0 Å². The summed E-state index contributed by atoms with van der Waals surface area (Å²) in [6.07, 6.45) is -0.642. The topological polar surface area (TPSA) is 80.4 Å². The maximum atomic E-state index is 10.8. The first-order valence-electron chi connectivity index (χ1n) is 5.13. The first-order valence-corrected chi connectivity index (χ1v) is 7.66. The second kappa shape index (κ2) is 4.73. The van der Waals surface area contributed by atoms with Gasteiger partial charge in [0.25, 0.3) is 0 Å². The Morgan fingerprint density at radius 2 is 2.06 bits per heavy atom. The van der Waals surface area contributed by atoms with Crippen LogP contribution in [0.25, 0.3) is 10.1 Å². The van der Waals surface area contributed by atoms with Gasteiger partial charge < -0.3 is 5.11 Å². The van der Waals surface area contributed by atoms with E-state index >= 15 is 0 Å². The van der Waals surface area contributed by atoms with Crippen LogP contribution in [0.1, 0.15) is 17.4 Å². The van der Waals surface area contributed by atoms with Crippen molar-refractivity contribution >= 4 is 31.4 Å². The summed E-state index contributed by atoms with van der Waals surface area (Å²) in [4.78, 5) is 0.773. The number of nitrogens with two attached hydrogens (primary N) is 1. The van der Waals surface area contributed by atoms with E-state index in [2.05, 4.69) is 0 Å². The lowest BCUT2D eigenvalue weighted by Gasteiger charge is -2.06. The van der Waals surface area contributed by atoms with Gasteiger partial charge in [-0.25, -0.2) is 13.6 Å². The van der Waals surface area contributed by atoms with Crippen LogP contribution in [0.3, 0.4) is 0 Å². The van der Waals surface area contributed by atoms with Gasteiger partial charge in [0, 0.05) is 9.58 Å². The lowest BCUT2D eigenvalue weighted by molar-refractivity contribution is 0.178. The van der Waals surface area contributed by atoms with E-state index in [-0.39, 0.29) is 12.2 Å². The van der Waals surface area contributed by atoms with E-state index in [0.29, 0.717) is 0 Å². The van der Waals surface area contributed by atoms with Crippen molar-refractivity contribution in [3.8, 4) is 0 Å². The van der Waals surface area contributed by atoms with Crippen LogP contribution in [0.4, 0.5) is 0 Å². The number of fused-ring (bicyclic) bond motifs is 1. The zero-order valence-corrected chi connectivity index (χ0v) is 10.7. The fraction of sp³-hybridized carbons (Fsp3) is 0.273. The molecule has 0 bridgehead atoms. The van der Waals surface area contributed by atoms with E-state index < -0.39 is 16.1 Å². The quantitative estimate of drug-likeness (QED) is 0.886. The minimum Gasteiger partial charge on any atom is -0.388 e. The minimum atomic E-state index is -3.51. The molecule has 6 heteroatoms. The number of rotatable bonds is 4. The first-order chi connectivity index (χ1) is 7.96. The van der Waals surface area contributed by atoms with Crippen molar-refractivity contribution in [3.05, 3.63) is 35.2 Å². The molecule has 0 saturated heterocycles. The zero-order chi connectivity index (χ0) is 12.5. The molecular formula is C11H13NO3S2. The minimum absolute atomic E-state index is 0.131. The van der Waals surface area contributed by atoms with Crippen LogP contribution < -0.4 is 5.14 Å². The van der Waals surface area contributed by atoms with Crippen LogP contribution in [0.15, 0.2) is 30.3 Å². The third kappa shape index (κ3) is 3.26. The van der Waals surface area contributed by atoms with E-state index in [4.69, 9.17) is 5.14 Å². The van der Waals surface area contributed by atoms with E-state index in [9.17, 15) is 13.5 Å². The third-order valence-corrected chi connectivity index (χ3v) is 4.47. The highest BCUT2D eigenvalue weighted by Crippen LogP contribution is 2.31. The molecule has 92 valence electrons. The molecule has 0 radical (unpaired) electrons. The van der Waals surface area contributed by atoms with Crippen molar-refractivity contribution < 1.29 is 13.5 Å². The molecule has 0 aliphatic rings. The first kappa shape index (κ1) is 12.5. The van der Waals surface area contributed by atoms with Crippen molar-refractivity contribution in [1.29, 1.82) is 0 Å². The monoisotopic (exact) mass is 271 g/mol. The second-order valence-electron chi connectivity index (χ2n) is 3.86. The molecule has 0 fully saturated rings. The van der Waals surface area contributed by atoms with Crippen molar-refractivity contribution in [2.24, 2.45) is 5.14 Å². The molecule has 2 aromatic rings. The molecular weight excluding hydrogens is 258 g/mol. The number of benzene rings is 1. The molecule has 1 aromatic heterocycles. The third-order valence-electron chi connectivity index (χ3n) is 2.45. The Labute approximate surface area is 104 Å². The molecule has 17 heavy (non-hydrogen) atoms. The Morgan fingerprint density at radius 1 is 1.35 bits per heavy atom. The highest BCUT2D eigenvalue weighted by Gasteiger charge is 2.14. The number of hydrogen-bond acceptors (Lipinski definition) is 4. The fourth-order valence-electron chi connectivity index (χ4n) is 1.58. The maximum absolute atomic E-state index is 10.8. The van der Waals surface area contributed by atoms with Crippen LogP contribution in [0, 0.1) is 0 Å². The number of hydrogen-bond donors (Lipinski definition) is 2. The van der Waals surface area contributed by atoms with E-state index in [1.165, 1.54) is 11.3 Å². The van der Waals surface area contributed by atoms with Gasteiger partial charge in [0.15, 0.2) is 0 Å². The molecule has 0 amide bonds. The summed E-state index contributed by atoms with van der Waals surface area (Å²) in [6.45, 7) is 0. The normalized spacial score (nSPS) is 14.0. The standard InChI is InChI=1S/C11H13NO3S2/c12-17(14,15)6-5-9(13)11-7-8-3-1-2-4-10(8)16-11/h1-4,7,9,13H,5-6H2,(H2,12,14,15). The highest BCUT2D eigenvalue weighted by molar-refractivity contribution is 7.89. The van der Waals surface area contributed by atoms with Gasteiger partial charge in [0.05, 0.1) is 11.9 Å². The molecule has 0 saturated carbocycles. The van der Waals surface area contributed by atoms with Crippen molar-refractivity contribution in [3.63, 3.8) is 0 Å². The predicted molar refractivity (Wildman–Crippen MR) is 69.4 cm³/mol. The molecule has 0 aliphatic heterocycles. The van der Waals surface area contributed by atoms with Crippen molar-refractivity contribution in [2.75, 3.05) is 5.75 Å². The number of aliphatic hydroxyl groups excluding tert-OH is 1. The Balaban J connectivity index is 2.16. The summed E-state index contributed by atoms with van der Waals surface area (Å²) in [5.74, 6) is -0.206. The molecule has 1 unspecified atom stereocenters. The van der Waals surface area contributed by atoms with Crippen LogP contribution in [0.5, 0.6) is 0 Å². The van der Waals surface area contributed by atoms with Gasteiger partial charge in [0.1, 0.15) is 0 Å². The van der Waals surface area contributed by atoms with Gasteiger partial charge in [-0.3, -0.25) is 0 Å². The number of primary sulfonamides is 1. The summed E-state index contributed by atoms with van der Waals surface area (Å²) in [7, 11) is -3.51. The van der Waals surface area contributed by atoms with Crippen LogP contribution in [-0.2, 0) is 10.0 Å². The van der Waals surface area contributed by atoms with Gasteiger partial charge in [-0.2, -0.15) is 0 Å². The summed E-state index contributed by atoms with van der Waals surface area (Å²) in [6, 6.07) is 9.67. The highest BCUT2D eigenvalue weighted by atomic mass is 32.2. The molecule has 4 nitrogen and oxygen atoms in total. The van der Waals surface area contributed by atoms with E-state index in [1.807, 2.05) is 30.3 Å². The Kier molecular flexibility index (Phi) is 3.48. The average molecular weight is 271 g/mol. The molecule has 3 N–H and O–H groups in total. The zero-order valence-electron chi connectivity index (χ0n) is 9.04. The lowest BCUT2D eigenvalue weighted by atomic mass is 10.2. The number of aliphatic hydroxyl groups is 1.